The lowest BCUT2D eigenvalue weighted by molar-refractivity contribution is 0.823. The van der Waals surface area contributed by atoms with Crippen LogP contribution in [0.2, 0.25) is 5.02 Å². The monoisotopic (exact) mass is 481 g/mol. The molecule has 0 saturated carbocycles. The highest BCUT2D eigenvalue weighted by molar-refractivity contribution is 14.1. The fraction of sp³-hybridized carbons (Fsp3) is 0. The van der Waals surface area contributed by atoms with Crippen LogP contribution in [0.1, 0.15) is 0 Å². The largest absolute Gasteiger partial charge is 0.213 e. The Morgan fingerprint density at radius 2 is 1.89 bits per heavy atom. The van der Waals surface area contributed by atoms with Gasteiger partial charge in [0.25, 0.3) is 0 Å². The van der Waals surface area contributed by atoms with E-state index in [4.69, 9.17) is 11.6 Å². The first kappa shape index (κ1) is 12.6. The molecule has 0 radical (unpaired) electrons. The topological polar surface area (TPSA) is 30.7 Å². The van der Waals surface area contributed by atoms with Crippen molar-refractivity contribution < 1.29 is 0 Å². The minimum absolute atomic E-state index is 0.748. The minimum atomic E-state index is 0.748. The average Bonchev–Trinajstić information content (AvgIpc) is 2.78. The molecule has 0 unspecified atom stereocenters. The van der Waals surface area contributed by atoms with Crippen LogP contribution in [-0.2, 0) is 0 Å². The fourth-order valence-corrected chi connectivity index (χ4v) is 2.93. The van der Waals surface area contributed by atoms with Crippen LogP contribution in [-0.4, -0.2) is 15.0 Å². The maximum atomic E-state index is 6.03. The third kappa shape index (κ3) is 2.12. The molecular weight excluding hydrogens is 475 g/mol. The van der Waals surface area contributed by atoms with Gasteiger partial charge in [-0.25, -0.2) is 4.68 Å². The maximum absolute atomic E-state index is 6.03. The third-order valence-electron chi connectivity index (χ3n) is 2.58. The Kier molecular flexibility index (Phi) is 3.46. The Morgan fingerprint density at radius 1 is 1.06 bits per heavy atom. The number of benzene rings is 2. The zero-order valence-corrected chi connectivity index (χ0v) is 14.0. The smallest absolute Gasteiger partial charge is 0.126 e. The Bertz CT molecular complexity index is 739. The molecule has 1 aromatic heterocycles. The van der Waals surface area contributed by atoms with Gasteiger partial charge in [0.15, 0.2) is 0 Å². The molecule has 0 amide bonds. The van der Waals surface area contributed by atoms with Crippen molar-refractivity contribution >= 4 is 67.8 Å². The Labute approximate surface area is 136 Å². The Balaban J connectivity index is 2.25. The fourth-order valence-electron chi connectivity index (χ4n) is 1.72. The van der Waals surface area contributed by atoms with Crippen molar-refractivity contribution in [2.75, 3.05) is 0 Å². The average molecular weight is 481 g/mol. The molecule has 18 heavy (non-hydrogen) atoms. The van der Waals surface area contributed by atoms with Crippen molar-refractivity contribution in [1.82, 2.24) is 15.0 Å². The first-order valence-electron chi connectivity index (χ1n) is 5.12. The van der Waals surface area contributed by atoms with E-state index >= 15 is 0 Å². The normalized spacial score (nSPS) is 11.1. The molecule has 0 atom stereocenters. The van der Waals surface area contributed by atoms with Crippen molar-refractivity contribution in [3.8, 4) is 5.69 Å². The van der Waals surface area contributed by atoms with Crippen molar-refractivity contribution in [1.29, 1.82) is 0 Å². The summed E-state index contributed by atoms with van der Waals surface area (Å²) in [4.78, 5) is 0. The number of aromatic nitrogens is 3. The lowest BCUT2D eigenvalue weighted by Gasteiger charge is -2.04. The quantitative estimate of drug-likeness (QED) is 0.486. The molecule has 6 heteroatoms. The molecule has 3 rings (SSSR count). The van der Waals surface area contributed by atoms with Crippen LogP contribution in [0.5, 0.6) is 0 Å². The van der Waals surface area contributed by atoms with Crippen LogP contribution >= 0.6 is 56.8 Å². The third-order valence-corrected chi connectivity index (χ3v) is 4.99. The van der Waals surface area contributed by atoms with E-state index in [2.05, 4.69) is 55.5 Å². The van der Waals surface area contributed by atoms with E-state index in [1.807, 2.05) is 41.1 Å². The second-order valence-corrected chi connectivity index (χ2v) is 6.44. The van der Waals surface area contributed by atoms with Crippen LogP contribution in [0.25, 0.3) is 16.7 Å². The summed E-state index contributed by atoms with van der Waals surface area (Å²) in [6.07, 6.45) is 0. The van der Waals surface area contributed by atoms with Gasteiger partial charge in [-0.05, 0) is 75.5 Å². The first-order valence-corrected chi connectivity index (χ1v) is 7.66. The van der Waals surface area contributed by atoms with E-state index in [0.717, 1.165) is 28.9 Å². The van der Waals surface area contributed by atoms with E-state index in [9.17, 15) is 0 Å². The zero-order chi connectivity index (χ0) is 12.7. The molecule has 0 bridgehead atoms. The molecule has 0 saturated heterocycles. The lowest BCUT2D eigenvalue weighted by Crippen LogP contribution is -1.97. The van der Waals surface area contributed by atoms with Gasteiger partial charge in [-0.2, -0.15) is 0 Å². The molecule has 2 aromatic carbocycles. The molecule has 0 spiro atoms. The molecule has 0 aliphatic carbocycles. The standard InChI is InChI=1S/C12H6ClI2N3/c13-8-5-4-7(6-10(8)15)18-11-3-1-2-9(14)12(11)16-17-18/h1-6H. The summed E-state index contributed by atoms with van der Waals surface area (Å²) >= 11 is 10.5. The van der Waals surface area contributed by atoms with Gasteiger partial charge in [0.1, 0.15) is 5.52 Å². The summed E-state index contributed by atoms with van der Waals surface area (Å²) in [5.74, 6) is 0. The molecule has 0 aliphatic rings. The highest BCUT2D eigenvalue weighted by Gasteiger charge is 2.09. The highest BCUT2D eigenvalue weighted by atomic mass is 127. The van der Waals surface area contributed by atoms with Gasteiger partial charge in [-0.3, -0.25) is 0 Å². The van der Waals surface area contributed by atoms with E-state index in [1.54, 1.807) is 0 Å². The number of fused-ring (bicyclic) bond motifs is 1. The van der Waals surface area contributed by atoms with E-state index in [0.29, 0.717) is 0 Å². The molecule has 1 heterocycles. The van der Waals surface area contributed by atoms with Gasteiger partial charge in [0, 0.05) is 7.14 Å². The number of hydrogen-bond donors (Lipinski definition) is 0. The highest BCUT2D eigenvalue weighted by Crippen LogP contribution is 2.24. The van der Waals surface area contributed by atoms with Crippen LogP contribution in [0.15, 0.2) is 36.4 Å². The summed E-state index contributed by atoms with van der Waals surface area (Å²) in [6.45, 7) is 0. The molecule has 3 nitrogen and oxygen atoms in total. The summed E-state index contributed by atoms with van der Waals surface area (Å²) in [7, 11) is 0. The second kappa shape index (κ2) is 4.93. The van der Waals surface area contributed by atoms with Crippen LogP contribution in [0.3, 0.4) is 0 Å². The first-order chi connectivity index (χ1) is 8.66. The maximum Gasteiger partial charge on any atom is 0.126 e. The Morgan fingerprint density at radius 3 is 2.67 bits per heavy atom. The number of nitrogens with zero attached hydrogens (tertiary/aromatic N) is 3. The summed E-state index contributed by atoms with van der Waals surface area (Å²) in [5.41, 5.74) is 2.89. The van der Waals surface area contributed by atoms with Gasteiger partial charge in [0.05, 0.1) is 16.2 Å². The lowest BCUT2D eigenvalue weighted by atomic mass is 10.3. The predicted molar refractivity (Wildman–Crippen MR) is 89.3 cm³/mol. The summed E-state index contributed by atoms with van der Waals surface area (Å²) in [5, 5.41) is 9.18. The summed E-state index contributed by atoms with van der Waals surface area (Å²) < 4.78 is 3.93. The zero-order valence-electron chi connectivity index (χ0n) is 8.94. The minimum Gasteiger partial charge on any atom is -0.213 e. The van der Waals surface area contributed by atoms with Crippen LogP contribution < -0.4 is 0 Å². The number of hydrogen-bond acceptors (Lipinski definition) is 2. The molecule has 0 fully saturated rings. The molecule has 0 aliphatic heterocycles. The molecule has 90 valence electrons. The molecule has 3 aromatic rings. The predicted octanol–water partition coefficient (Wildman–Crippen LogP) is 4.28. The SMILES string of the molecule is Clc1ccc(-n2nnc3c(I)cccc32)cc1I. The van der Waals surface area contributed by atoms with Crippen molar-refractivity contribution in [3.63, 3.8) is 0 Å². The van der Waals surface area contributed by atoms with Crippen LogP contribution in [0, 0.1) is 7.14 Å². The van der Waals surface area contributed by atoms with Crippen molar-refractivity contribution in [2.24, 2.45) is 0 Å². The van der Waals surface area contributed by atoms with Crippen molar-refractivity contribution in [2.45, 2.75) is 0 Å². The van der Waals surface area contributed by atoms with Gasteiger partial charge >= 0.3 is 0 Å². The van der Waals surface area contributed by atoms with Gasteiger partial charge < -0.3 is 0 Å². The van der Waals surface area contributed by atoms with Gasteiger partial charge in [-0.1, -0.05) is 22.9 Å². The van der Waals surface area contributed by atoms with Gasteiger partial charge in [0.2, 0.25) is 0 Å². The number of halogens is 3. The van der Waals surface area contributed by atoms with Crippen molar-refractivity contribution in [3.05, 3.63) is 48.6 Å². The molecular formula is C12H6ClI2N3. The van der Waals surface area contributed by atoms with E-state index < -0.39 is 0 Å². The van der Waals surface area contributed by atoms with E-state index in [-0.39, 0.29) is 0 Å². The number of rotatable bonds is 1. The van der Waals surface area contributed by atoms with Gasteiger partial charge in [-0.15, -0.1) is 5.10 Å². The van der Waals surface area contributed by atoms with E-state index in [1.165, 1.54) is 0 Å². The molecule has 0 N–H and O–H groups in total. The summed E-state index contributed by atoms with van der Waals surface area (Å²) in [6, 6.07) is 11.9. The second-order valence-electron chi connectivity index (χ2n) is 3.71. The Hall–Kier alpha value is -0.410. The van der Waals surface area contributed by atoms with Crippen LogP contribution in [0.4, 0.5) is 0 Å².